The van der Waals surface area contributed by atoms with Crippen molar-refractivity contribution in [3.8, 4) is 11.5 Å². The van der Waals surface area contributed by atoms with Gasteiger partial charge in [-0.2, -0.15) is 0 Å². The predicted octanol–water partition coefficient (Wildman–Crippen LogP) is 2.23. The Morgan fingerprint density at radius 1 is 1.08 bits per heavy atom. The summed E-state index contributed by atoms with van der Waals surface area (Å²) in [4.78, 5) is 35.3. The number of carbonyl (C=O) groups excluding carboxylic acids is 3. The number of para-hydroxylation sites is 2. The molecule has 1 fully saturated rings. The second kappa shape index (κ2) is 10.4. The summed E-state index contributed by atoms with van der Waals surface area (Å²) in [6.07, 6.45) is 4.74. The fourth-order valence-electron chi connectivity index (χ4n) is 2.84. The maximum atomic E-state index is 11.9. The van der Waals surface area contributed by atoms with Gasteiger partial charge in [-0.3, -0.25) is 19.7 Å². The van der Waals surface area contributed by atoms with Crippen LogP contribution in [0.15, 0.2) is 24.3 Å². The van der Waals surface area contributed by atoms with Crippen LogP contribution in [0.2, 0.25) is 0 Å². The van der Waals surface area contributed by atoms with E-state index in [0.29, 0.717) is 11.5 Å². The van der Waals surface area contributed by atoms with Crippen LogP contribution in [-0.2, 0) is 19.1 Å². The standard InChI is InChI=1S/C19H25NO6/c1-24-15-9-5-6-10-16(15)25-12-11-18(22)26-13-17(21)20-19(23)14-7-3-2-4-8-14/h5-6,9-10,14H,2-4,7-8,11-13H2,1H3,(H,20,21,23). The molecule has 0 aromatic heterocycles. The molecule has 1 aromatic carbocycles. The molecule has 0 bridgehead atoms. The number of amides is 2. The summed E-state index contributed by atoms with van der Waals surface area (Å²) in [5, 5.41) is 2.30. The Morgan fingerprint density at radius 2 is 1.77 bits per heavy atom. The molecule has 0 atom stereocenters. The maximum absolute atomic E-state index is 11.9. The SMILES string of the molecule is COc1ccccc1OCCC(=O)OCC(=O)NC(=O)C1CCCCC1. The van der Waals surface area contributed by atoms with Crippen molar-refractivity contribution in [2.45, 2.75) is 38.5 Å². The quantitative estimate of drug-likeness (QED) is 0.712. The highest BCUT2D eigenvalue weighted by atomic mass is 16.5. The average molecular weight is 363 g/mol. The summed E-state index contributed by atoms with van der Waals surface area (Å²) in [6.45, 7) is -0.367. The topological polar surface area (TPSA) is 90.9 Å². The van der Waals surface area contributed by atoms with Crippen LogP contribution in [0.4, 0.5) is 0 Å². The van der Waals surface area contributed by atoms with Crippen LogP contribution >= 0.6 is 0 Å². The maximum Gasteiger partial charge on any atom is 0.309 e. The van der Waals surface area contributed by atoms with Gasteiger partial charge < -0.3 is 14.2 Å². The number of rotatable bonds is 8. The number of hydrogen-bond donors (Lipinski definition) is 1. The average Bonchev–Trinajstić information content (AvgIpc) is 2.67. The van der Waals surface area contributed by atoms with E-state index in [1.807, 2.05) is 6.07 Å². The predicted molar refractivity (Wildman–Crippen MR) is 93.8 cm³/mol. The van der Waals surface area contributed by atoms with Crippen LogP contribution in [0.1, 0.15) is 38.5 Å². The third-order valence-electron chi connectivity index (χ3n) is 4.24. The Labute approximate surface area is 153 Å². The van der Waals surface area contributed by atoms with Crippen molar-refractivity contribution in [2.75, 3.05) is 20.3 Å². The number of imide groups is 1. The molecule has 1 aliphatic rings. The van der Waals surface area contributed by atoms with Gasteiger partial charge in [-0.05, 0) is 25.0 Å². The molecule has 1 saturated carbocycles. The van der Waals surface area contributed by atoms with E-state index in [1.54, 1.807) is 18.2 Å². The molecule has 0 aliphatic heterocycles. The van der Waals surface area contributed by atoms with E-state index in [4.69, 9.17) is 14.2 Å². The van der Waals surface area contributed by atoms with Gasteiger partial charge in [0.15, 0.2) is 18.1 Å². The van der Waals surface area contributed by atoms with Crippen LogP contribution < -0.4 is 14.8 Å². The highest BCUT2D eigenvalue weighted by Gasteiger charge is 2.22. The van der Waals surface area contributed by atoms with Gasteiger partial charge in [-0.15, -0.1) is 0 Å². The van der Waals surface area contributed by atoms with E-state index in [9.17, 15) is 14.4 Å². The molecular formula is C19H25NO6. The van der Waals surface area contributed by atoms with Crippen LogP contribution in [0.3, 0.4) is 0 Å². The molecule has 2 rings (SSSR count). The first kappa shape index (κ1) is 19.8. The molecule has 0 heterocycles. The van der Waals surface area contributed by atoms with Gasteiger partial charge in [0.2, 0.25) is 5.91 Å². The zero-order valence-corrected chi connectivity index (χ0v) is 15.0. The number of nitrogens with one attached hydrogen (secondary N) is 1. The molecule has 0 spiro atoms. The second-order valence-electron chi connectivity index (χ2n) is 6.16. The first-order valence-electron chi connectivity index (χ1n) is 8.85. The molecule has 0 unspecified atom stereocenters. The first-order chi connectivity index (χ1) is 12.6. The number of carbonyl (C=O) groups is 3. The summed E-state index contributed by atoms with van der Waals surface area (Å²) in [5.41, 5.74) is 0. The second-order valence-corrected chi connectivity index (χ2v) is 6.16. The van der Waals surface area contributed by atoms with E-state index in [2.05, 4.69) is 5.32 Å². The van der Waals surface area contributed by atoms with Gasteiger partial charge in [0.25, 0.3) is 5.91 Å². The van der Waals surface area contributed by atoms with Crippen molar-refractivity contribution in [1.29, 1.82) is 0 Å². The van der Waals surface area contributed by atoms with E-state index in [-0.39, 0.29) is 24.9 Å². The van der Waals surface area contributed by atoms with E-state index in [0.717, 1.165) is 32.1 Å². The Bertz CT molecular complexity index is 624. The Balaban J connectivity index is 1.63. The van der Waals surface area contributed by atoms with Gasteiger partial charge in [0, 0.05) is 5.92 Å². The molecule has 2 amide bonds. The first-order valence-corrected chi connectivity index (χ1v) is 8.85. The zero-order chi connectivity index (χ0) is 18.8. The lowest BCUT2D eigenvalue weighted by Crippen LogP contribution is -2.39. The summed E-state index contributed by atoms with van der Waals surface area (Å²) < 4.78 is 15.5. The van der Waals surface area contributed by atoms with Crippen molar-refractivity contribution in [3.63, 3.8) is 0 Å². The van der Waals surface area contributed by atoms with E-state index >= 15 is 0 Å². The minimum atomic E-state index is -0.598. The minimum Gasteiger partial charge on any atom is -0.493 e. The van der Waals surface area contributed by atoms with Gasteiger partial charge in [-0.25, -0.2) is 0 Å². The number of ether oxygens (including phenoxy) is 3. The van der Waals surface area contributed by atoms with Crippen LogP contribution in [0.25, 0.3) is 0 Å². The summed E-state index contributed by atoms with van der Waals surface area (Å²) in [5.74, 6) is -0.456. The van der Waals surface area contributed by atoms with E-state index < -0.39 is 18.5 Å². The molecule has 1 N–H and O–H groups in total. The normalized spacial score (nSPS) is 14.3. The highest BCUT2D eigenvalue weighted by Crippen LogP contribution is 2.25. The lowest BCUT2D eigenvalue weighted by Gasteiger charge is -2.20. The molecule has 26 heavy (non-hydrogen) atoms. The van der Waals surface area contributed by atoms with Crippen molar-refractivity contribution < 1.29 is 28.6 Å². The number of esters is 1. The molecular weight excluding hydrogens is 338 g/mol. The largest absolute Gasteiger partial charge is 0.493 e. The van der Waals surface area contributed by atoms with Crippen LogP contribution in [-0.4, -0.2) is 38.1 Å². The van der Waals surface area contributed by atoms with Crippen molar-refractivity contribution >= 4 is 17.8 Å². The zero-order valence-electron chi connectivity index (χ0n) is 15.0. The Morgan fingerprint density at radius 3 is 2.46 bits per heavy atom. The number of hydrogen-bond acceptors (Lipinski definition) is 6. The number of methoxy groups -OCH3 is 1. The Kier molecular flexibility index (Phi) is 7.92. The highest BCUT2D eigenvalue weighted by molar-refractivity contribution is 5.97. The fourth-order valence-corrected chi connectivity index (χ4v) is 2.84. The third-order valence-corrected chi connectivity index (χ3v) is 4.24. The molecule has 0 saturated heterocycles. The monoisotopic (exact) mass is 363 g/mol. The van der Waals surface area contributed by atoms with Gasteiger partial charge in [0.05, 0.1) is 20.1 Å². The lowest BCUT2D eigenvalue weighted by molar-refractivity contribution is -0.150. The van der Waals surface area contributed by atoms with Gasteiger partial charge in [0.1, 0.15) is 0 Å². The van der Waals surface area contributed by atoms with Gasteiger partial charge in [-0.1, -0.05) is 31.4 Å². The summed E-state index contributed by atoms with van der Waals surface area (Å²) in [7, 11) is 1.53. The lowest BCUT2D eigenvalue weighted by atomic mass is 9.89. The smallest absolute Gasteiger partial charge is 0.309 e. The summed E-state index contributed by atoms with van der Waals surface area (Å²) >= 11 is 0. The molecule has 0 radical (unpaired) electrons. The Hall–Kier alpha value is -2.57. The third kappa shape index (κ3) is 6.38. The molecule has 142 valence electrons. The molecule has 1 aliphatic carbocycles. The van der Waals surface area contributed by atoms with Gasteiger partial charge >= 0.3 is 5.97 Å². The van der Waals surface area contributed by atoms with Crippen molar-refractivity contribution in [1.82, 2.24) is 5.32 Å². The minimum absolute atomic E-state index is 0.0120. The molecule has 1 aromatic rings. The van der Waals surface area contributed by atoms with E-state index in [1.165, 1.54) is 7.11 Å². The van der Waals surface area contributed by atoms with Crippen LogP contribution in [0.5, 0.6) is 11.5 Å². The van der Waals surface area contributed by atoms with Crippen molar-refractivity contribution in [3.05, 3.63) is 24.3 Å². The van der Waals surface area contributed by atoms with Crippen molar-refractivity contribution in [2.24, 2.45) is 5.92 Å². The van der Waals surface area contributed by atoms with Crippen LogP contribution in [0, 0.1) is 5.92 Å². The fraction of sp³-hybridized carbons (Fsp3) is 0.526. The molecule has 7 nitrogen and oxygen atoms in total. The number of benzene rings is 1. The summed E-state index contributed by atoms with van der Waals surface area (Å²) in [6, 6.07) is 7.09. The molecule has 7 heteroatoms.